The van der Waals surface area contributed by atoms with Crippen molar-refractivity contribution in [2.45, 2.75) is 13.3 Å². The van der Waals surface area contributed by atoms with E-state index in [-0.39, 0.29) is 18.0 Å². The van der Waals surface area contributed by atoms with E-state index in [0.717, 1.165) is 5.56 Å². The number of hydrogen-bond donors (Lipinski definition) is 0. The van der Waals surface area contributed by atoms with E-state index in [1.807, 2.05) is 19.1 Å². The van der Waals surface area contributed by atoms with Crippen LogP contribution in [0.2, 0.25) is 0 Å². The Morgan fingerprint density at radius 1 is 1.21 bits per heavy atom. The first-order valence-electron chi connectivity index (χ1n) is 6.02. The Morgan fingerprint density at radius 3 is 2.68 bits per heavy atom. The Morgan fingerprint density at radius 2 is 2.00 bits per heavy atom. The molecule has 3 heteroatoms. The number of rotatable bonds is 4. The lowest BCUT2D eigenvalue weighted by Gasteiger charge is -2.08. The van der Waals surface area contributed by atoms with Gasteiger partial charge in [0.2, 0.25) is 0 Å². The van der Waals surface area contributed by atoms with Gasteiger partial charge in [0.25, 0.3) is 0 Å². The van der Waals surface area contributed by atoms with Crippen molar-refractivity contribution in [3.05, 3.63) is 65.0 Å². The summed E-state index contributed by atoms with van der Waals surface area (Å²) in [5.41, 5.74) is 2.21. The zero-order chi connectivity index (χ0) is 13.8. The van der Waals surface area contributed by atoms with Gasteiger partial charge in [-0.05, 0) is 42.3 Å². The van der Waals surface area contributed by atoms with Crippen LogP contribution in [0.3, 0.4) is 0 Å². The normalized spacial score (nSPS) is 10.3. The predicted molar refractivity (Wildman–Crippen MR) is 72.2 cm³/mol. The molecule has 0 N–H and O–H groups in total. The Kier molecular flexibility index (Phi) is 3.95. The highest BCUT2D eigenvalue weighted by Crippen LogP contribution is 2.21. The molecule has 0 fully saturated rings. The topological polar surface area (TPSA) is 26.3 Å². The van der Waals surface area contributed by atoms with E-state index in [2.05, 4.69) is 0 Å². The van der Waals surface area contributed by atoms with Crippen molar-refractivity contribution < 1.29 is 13.9 Å². The highest BCUT2D eigenvalue weighted by atomic mass is 19.1. The lowest BCUT2D eigenvalue weighted by Crippen LogP contribution is -2.06. The van der Waals surface area contributed by atoms with Crippen LogP contribution in [0.15, 0.2) is 42.5 Å². The molecule has 0 unspecified atom stereocenters. The first kappa shape index (κ1) is 13.3. The summed E-state index contributed by atoms with van der Waals surface area (Å²) in [5, 5.41) is 0. The number of methoxy groups -OCH3 is 1. The molecule has 0 spiro atoms. The minimum absolute atomic E-state index is 0.0811. The molecule has 0 aliphatic heterocycles. The number of ether oxygens (including phenoxy) is 1. The van der Waals surface area contributed by atoms with Gasteiger partial charge in [0.15, 0.2) is 5.78 Å². The van der Waals surface area contributed by atoms with E-state index in [1.54, 1.807) is 18.2 Å². The van der Waals surface area contributed by atoms with E-state index in [0.29, 0.717) is 16.9 Å². The molecule has 0 aromatic heterocycles. The number of carbonyl (C=O) groups is 1. The lowest BCUT2D eigenvalue weighted by atomic mass is 10.0. The van der Waals surface area contributed by atoms with E-state index in [9.17, 15) is 9.18 Å². The number of halogens is 1. The fourth-order valence-corrected chi connectivity index (χ4v) is 1.96. The minimum Gasteiger partial charge on any atom is -0.496 e. The van der Waals surface area contributed by atoms with Gasteiger partial charge >= 0.3 is 0 Å². The maximum absolute atomic E-state index is 13.1. The molecule has 0 heterocycles. The van der Waals surface area contributed by atoms with Crippen molar-refractivity contribution in [1.82, 2.24) is 0 Å². The lowest BCUT2D eigenvalue weighted by molar-refractivity contribution is 0.0990. The molecule has 2 rings (SSSR count). The van der Waals surface area contributed by atoms with Crippen LogP contribution in [0.5, 0.6) is 5.75 Å². The number of Topliss-reactive ketones (excluding diaryl/α,β-unsaturated/α-hetero) is 1. The molecule has 0 aliphatic carbocycles. The molecule has 0 atom stereocenters. The van der Waals surface area contributed by atoms with E-state index < -0.39 is 0 Å². The van der Waals surface area contributed by atoms with Crippen LogP contribution in [0.4, 0.5) is 4.39 Å². The predicted octanol–water partition coefficient (Wildman–Crippen LogP) is 3.57. The van der Waals surface area contributed by atoms with E-state index in [1.165, 1.54) is 19.2 Å². The van der Waals surface area contributed by atoms with Gasteiger partial charge in [-0.25, -0.2) is 4.39 Å². The summed E-state index contributed by atoms with van der Waals surface area (Å²) in [7, 11) is 1.54. The SMILES string of the molecule is COc1cc(C)ccc1C(=O)Cc1cccc(F)c1. The summed E-state index contributed by atoms with van der Waals surface area (Å²) >= 11 is 0. The third-order valence-corrected chi connectivity index (χ3v) is 2.91. The van der Waals surface area contributed by atoms with Crippen LogP contribution < -0.4 is 4.74 Å². The second-order valence-electron chi connectivity index (χ2n) is 4.43. The highest BCUT2D eigenvalue weighted by molar-refractivity contribution is 6.00. The third-order valence-electron chi connectivity index (χ3n) is 2.91. The first-order valence-corrected chi connectivity index (χ1v) is 6.02. The Balaban J connectivity index is 2.25. The molecule has 0 saturated heterocycles. The van der Waals surface area contributed by atoms with Crippen molar-refractivity contribution >= 4 is 5.78 Å². The largest absolute Gasteiger partial charge is 0.496 e. The zero-order valence-electron chi connectivity index (χ0n) is 10.9. The number of benzene rings is 2. The van der Waals surface area contributed by atoms with Crippen LogP contribution in [0.1, 0.15) is 21.5 Å². The fourth-order valence-electron chi connectivity index (χ4n) is 1.96. The molecule has 2 aromatic carbocycles. The van der Waals surface area contributed by atoms with Crippen molar-refractivity contribution in [2.75, 3.05) is 7.11 Å². The number of ketones is 1. The van der Waals surface area contributed by atoms with Crippen molar-refractivity contribution in [3.63, 3.8) is 0 Å². The summed E-state index contributed by atoms with van der Waals surface area (Å²) < 4.78 is 18.3. The molecular formula is C16H15FO2. The summed E-state index contributed by atoms with van der Waals surface area (Å²) in [6, 6.07) is 11.5. The maximum Gasteiger partial charge on any atom is 0.170 e. The Bertz CT molecular complexity index is 605. The second kappa shape index (κ2) is 5.65. The van der Waals surface area contributed by atoms with Crippen molar-refractivity contribution in [1.29, 1.82) is 0 Å². The summed E-state index contributed by atoms with van der Waals surface area (Å²) in [5.74, 6) is 0.144. The van der Waals surface area contributed by atoms with Crippen molar-refractivity contribution in [2.24, 2.45) is 0 Å². The van der Waals surface area contributed by atoms with Gasteiger partial charge in [-0.2, -0.15) is 0 Å². The van der Waals surface area contributed by atoms with E-state index in [4.69, 9.17) is 4.74 Å². The first-order chi connectivity index (χ1) is 9.10. The van der Waals surface area contributed by atoms with Gasteiger partial charge in [-0.3, -0.25) is 4.79 Å². The highest BCUT2D eigenvalue weighted by Gasteiger charge is 2.13. The molecule has 98 valence electrons. The molecule has 2 aromatic rings. The van der Waals surface area contributed by atoms with Gasteiger partial charge < -0.3 is 4.74 Å². The minimum atomic E-state index is -0.332. The summed E-state index contributed by atoms with van der Waals surface area (Å²) in [4.78, 5) is 12.2. The van der Waals surface area contributed by atoms with Crippen LogP contribution in [0, 0.1) is 12.7 Å². The van der Waals surface area contributed by atoms with Crippen LogP contribution >= 0.6 is 0 Å². The fraction of sp³-hybridized carbons (Fsp3) is 0.188. The number of carbonyl (C=O) groups excluding carboxylic acids is 1. The van der Waals surface area contributed by atoms with Gasteiger partial charge in [-0.15, -0.1) is 0 Å². The Hall–Kier alpha value is -2.16. The van der Waals surface area contributed by atoms with Gasteiger partial charge in [0.1, 0.15) is 11.6 Å². The molecule has 0 saturated carbocycles. The van der Waals surface area contributed by atoms with E-state index >= 15 is 0 Å². The second-order valence-corrected chi connectivity index (χ2v) is 4.43. The Labute approximate surface area is 111 Å². The summed E-state index contributed by atoms with van der Waals surface area (Å²) in [6.45, 7) is 1.93. The molecule has 0 radical (unpaired) electrons. The molecule has 2 nitrogen and oxygen atoms in total. The van der Waals surface area contributed by atoms with Crippen molar-refractivity contribution in [3.8, 4) is 5.75 Å². The third kappa shape index (κ3) is 3.19. The van der Waals surface area contributed by atoms with Gasteiger partial charge in [0, 0.05) is 6.42 Å². The molecule has 0 amide bonds. The average molecular weight is 258 g/mol. The smallest absolute Gasteiger partial charge is 0.170 e. The van der Waals surface area contributed by atoms with Gasteiger partial charge in [0.05, 0.1) is 12.7 Å². The zero-order valence-corrected chi connectivity index (χ0v) is 10.9. The monoisotopic (exact) mass is 258 g/mol. The number of hydrogen-bond acceptors (Lipinski definition) is 2. The molecular weight excluding hydrogens is 243 g/mol. The quantitative estimate of drug-likeness (QED) is 0.784. The standard InChI is InChI=1S/C16H15FO2/c1-11-6-7-14(16(8-11)19-2)15(18)10-12-4-3-5-13(17)9-12/h3-9H,10H2,1-2H3. The van der Waals surface area contributed by atoms with Crippen LogP contribution in [0.25, 0.3) is 0 Å². The summed E-state index contributed by atoms with van der Waals surface area (Å²) in [6.07, 6.45) is 0.164. The van der Waals surface area contributed by atoms with Gasteiger partial charge in [-0.1, -0.05) is 18.2 Å². The molecule has 0 bridgehead atoms. The van der Waals surface area contributed by atoms with Crippen LogP contribution in [-0.4, -0.2) is 12.9 Å². The van der Waals surface area contributed by atoms with Crippen LogP contribution in [-0.2, 0) is 6.42 Å². The molecule has 0 aliphatic rings. The average Bonchev–Trinajstić information content (AvgIpc) is 2.38. The number of aryl methyl sites for hydroxylation is 1. The maximum atomic E-state index is 13.1. The molecule has 19 heavy (non-hydrogen) atoms.